The van der Waals surface area contributed by atoms with Crippen molar-refractivity contribution in [2.24, 2.45) is 11.8 Å². The molecule has 3 aliphatic rings. The van der Waals surface area contributed by atoms with Gasteiger partial charge in [-0.2, -0.15) is 0 Å². The second-order valence-electron chi connectivity index (χ2n) is 9.27. The number of amides is 3. The van der Waals surface area contributed by atoms with Gasteiger partial charge in [-0.15, -0.1) is 0 Å². The fourth-order valence-corrected chi connectivity index (χ4v) is 5.89. The lowest BCUT2D eigenvalue weighted by Crippen LogP contribution is -2.51. The lowest BCUT2D eigenvalue weighted by molar-refractivity contribution is -0.127. The molecule has 2 aliphatic heterocycles. The van der Waals surface area contributed by atoms with E-state index in [4.69, 9.17) is 4.74 Å². The van der Waals surface area contributed by atoms with Crippen molar-refractivity contribution in [1.29, 1.82) is 0 Å². The Morgan fingerprint density at radius 1 is 0.865 bits per heavy atom. The van der Waals surface area contributed by atoms with Gasteiger partial charge in [0, 0.05) is 28.2 Å². The topological polar surface area (TPSA) is 110 Å². The van der Waals surface area contributed by atoms with E-state index in [2.05, 4.69) is 21.2 Å². The van der Waals surface area contributed by atoms with Gasteiger partial charge >= 0.3 is 0 Å². The highest BCUT2D eigenvalue weighted by Crippen LogP contribution is 2.57. The van der Waals surface area contributed by atoms with Gasteiger partial charge in [-0.25, -0.2) is 4.90 Å². The lowest BCUT2D eigenvalue weighted by atomic mass is 9.77. The summed E-state index contributed by atoms with van der Waals surface area (Å²) in [7, 11) is 0. The van der Waals surface area contributed by atoms with Crippen LogP contribution in [0.2, 0.25) is 0 Å². The van der Waals surface area contributed by atoms with Gasteiger partial charge in [-0.05, 0) is 42.0 Å². The number of carbonyl (C=O) groups excluding carboxylic acids is 5. The molecule has 0 saturated carbocycles. The van der Waals surface area contributed by atoms with Crippen LogP contribution in [0.3, 0.4) is 0 Å². The molecule has 8 nitrogen and oxygen atoms in total. The first-order valence-electron chi connectivity index (χ1n) is 11.6. The Balaban J connectivity index is 1.48. The first-order valence-corrected chi connectivity index (χ1v) is 12.4. The van der Waals surface area contributed by atoms with Crippen LogP contribution in [-0.2, 0) is 19.1 Å². The van der Waals surface area contributed by atoms with Crippen LogP contribution in [0.5, 0.6) is 0 Å². The number of ether oxygens (including phenoxy) is 1. The van der Waals surface area contributed by atoms with Gasteiger partial charge in [0.1, 0.15) is 0 Å². The lowest BCUT2D eigenvalue weighted by Gasteiger charge is -2.27. The zero-order valence-electron chi connectivity index (χ0n) is 19.4. The minimum absolute atomic E-state index is 0.182. The predicted octanol–water partition coefficient (Wildman–Crippen LogP) is 4.10. The molecule has 2 fully saturated rings. The van der Waals surface area contributed by atoms with E-state index in [0.717, 1.165) is 9.37 Å². The average molecular weight is 559 g/mol. The molecule has 0 bridgehead atoms. The van der Waals surface area contributed by atoms with Crippen molar-refractivity contribution < 1.29 is 28.7 Å². The molecule has 2 heterocycles. The van der Waals surface area contributed by atoms with E-state index in [1.807, 2.05) is 0 Å². The summed E-state index contributed by atoms with van der Waals surface area (Å²) in [4.78, 5) is 67.7. The summed E-state index contributed by atoms with van der Waals surface area (Å²) in [5.74, 6) is -5.09. The molecule has 1 spiro atoms. The fraction of sp³-hybridized carbons (Fsp3) is 0.179. The first-order chi connectivity index (χ1) is 17.7. The molecular weight excluding hydrogens is 540 g/mol. The minimum atomic E-state index is -2.12. The van der Waals surface area contributed by atoms with Crippen molar-refractivity contribution in [2.75, 3.05) is 10.2 Å². The zero-order valence-corrected chi connectivity index (χ0v) is 21.0. The van der Waals surface area contributed by atoms with E-state index < -0.39 is 46.9 Å². The first kappa shape index (κ1) is 23.4. The minimum Gasteiger partial charge on any atom is -0.349 e. The number of hydrogen-bond acceptors (Lipinski definition) is 6. The maximum absolute atomic E-state index is 13.9. The quantitative estimate of drug-likeness (QED) is 0.382. The van der Waals surface area contributed by atoms with Crippen LogP contribution in [0.1, 0.15) is 39.3 Å². The number of imide groups is 1. The average Bonchev–Trinajstić information content (AvgIpc) is 3.45. The smallest absolute Gasteiger partial charge is 0.241 e. The maximum Gasteiger partial charge on any atom is 0.241 e. The molecule has 184 valence electrons. The number of carbonyl (C=O) groups is 5. The number of fused-ring (bicyclic) bond motifs is 3. The van der Waals surface area contributed by atoms with Crippen molar-refractivity contribution in [2.45, 2.75) is 18.6 Å². The zero-order chi connectivity index (χ0) is 26.1. The Kier molecular flexibility index (Phi) is 5.25. The van der Waals surface area contributed by atoms with Gasteiger partial charge in [-0.3, -0.25) is 24.0 Å². The predicted molar refractivity (Wildman–Crippen MR) is 136 cm³/mol. The van der Waals surface area contributed by atoms with E-state index in [-0.39, 0.29) is 22.7 Å². The number of halogens is 1. The number of anilines is 2. The normalized spacial score (nSPS) is 23.5. The van der Waals surface area contributed by atoms with Crippen LogP contribution in [-0.4, -0.2) is 34.9 Å². The highest BCUT2D eigenvalue weighted by molar-refractivity contribution is 9.10. The molecule has 0 radical (unpaired) electrons. The summed E-state index contributed by atoms with van der Waals surface area (Å²) in [5.41, 5.74) is -0.403. The second kappa shape index (κ2) is 8.29. The van der Waals surface area contributed by atoms with Crippen LogP contribution in [0.15, 0.2) is 77.3 Å². The Morgan fingerprint density at radius 2 is 1.46 bits per heavy atom. The van der Waals surface area contributed by atoms with Crippen LogP contribution in [0.4, 0.5) is 11.4 Å². The highest BCUT2D eigenvalue weighted by Gasteiger charge is 2.74. The van der Waals surface area contributed by atoms with Crippen molar-refractivity contribution in [1.82, 2.24) is 0 Å². The summed E-state index contributed by atoms with van der Waals surface area (Å²) in [6.45, 7) is 1.37. The fourth-order valence-electron chi connectivity index (χ4n) is 5.62. The molecule has 1 aliphatic carbocycles. The second-order valence-corrected chi connectivity index (χ2v) is 10.2. The number of Topliss-reactive ketones (excluding diaryl/α,β-unsaturated/α-hetero) is 2. The SMILES string of the molecule is CC(=O)Nc1ccc(N2C(=O)[C@@H]3[C@H](c4ccc(Br)cc4)OC4(C(=O)c5ccccc5C4=O)[C@H]3C2=O)cc1. The third-order valence-electron chi connectivity index (χ3n) is 7.16. The molecule has 0 aromatic heterocycles. The van der Waals surface area contributed by atoms with Crippen LogP contribution < -0.4 is 10.2 Å². The third-order valence-corrected chi connectivity index (χ3v) is 7.69. The largest absolute Gasteiger partial charge is 0.349 e. The van der Waals surface area contributed by atoms with Crippen molar-refractivity contribution >= 4 is 56.6 Å². The summed E-state index contributed by atoms with van der Waals surface area (Å²) >= 11 is 3.39. The molecule has 3 amide bonds. The Bertz CT molecular complexity index is 1480. The molecule has 3 aromatic rings. The van der Waals surface area contributed by atoms with Crippen LogP contribution in [0, 0.1) is 11.8 Å². The van der Waals surface area contributed by atoms with Crippen molar-refractivity contribution in [3.05, 3.63) is 94.0 Å². The molecule has 1 N–H and O–H groups in total. The number of hydrogen-bond donors (Lipinski definition) is 1. The molecule has 0 unspecified atom stereocenters. The maximum atomic E-state index is 13.9. The number of benzene rings is 3. The number of nitrogens with one attached hydrogen (secondary N) is 1. The summed E-state index contributed by atoms with van der Waals surface area (Å²) in [6.07, 6.45) is -0.986. The molecule has 3 aromatic carbocycles. The molecule has 3 atom stereocenters. The van der Waals surface area contributed by atoms with Gasteiger partial charge in [0.2, 0.25) is 34.9 Å². The summed E-state index contributed by atoms with van der Waals surface area (Å²) < 4.78 is 7.07. The van der Waals surface area contributed by atoms with Gasteiger partial charge in [-0.1, -0.05) is 52.3 Å². The molecular formula is C28H19BrN2O6. The number of nitrogens with zero attached hydrogens (tertiary/aromatic N) is 1. The highest BCUT2D eigenvalue weighted by atomic mass is 79.9. The van der Waals surface area contributed by atoms with Crippen molar-refractivity contribution in [3.63, 3.8) is 0 Å². The Hall–Kier alpha value is -3.95. The number of rotatable bonds is 3. The standard InChI is InChI=1S/C28H19BrN2O6/c1-14(32)30-17-10-12-18(13-11-17)31-26(35)21-22(27(31)36)28(37-23(21)15-6-8-16(29)9-7-15)24(33)19-4-2-3-5-20(19)25(28)34/h2-13,21-23H,1H3,(H,30,32)/t21-,22+,23-/m0/s1. The summed E-state index contributed by atoms with van der Waals surface area (Å²) in [6, 6.07) is 19.6. The number of ketones is 2. The van der Waals surface area contributed by atoms with Crippen LogP contribution in [0.25, 0.3) is 0 Å². The van der Waals surface area contributed by atoms with Gasteiger partial charge in [0.15, 0.2) is 0 Å². The molecule has 37 heavy (non-hydrogen) atoms. The Labute approximate surface area is 219 Å². The molecule has 6 rings (SSSR count). The van der Waals surface area contributed by atoms with E-state index in [9.17, 15) is 24.0 Å². The van der Waals surface area contributed by atoms with E-state index in [0.29, 0.717) is 11.3 Å². The molecule has 2 saturated heterocycles. The molecule has 9 heteroatoms. The summed E-state index contributed by atoms with van der Waals surface area (Å²) in [5, 5.41) is 2.64. The Morgan fingerprint density at radius 3 is 2.03 bits per heavy atom. The third kappa shape index (κ3) is 3.27. The van der Waals surface area contributed by atoms with E-state index in [1.54, 1.807) is 48.5 Å². The van der Waals surface area contributed by atoms with Gasteiger partial charge < -0.3 is 10.1 Å². The van der Waals surface area contributed by atoms with Gasteiger partial charge in [0.05, 0.1) is 23.6 Å². The van der Waals surface area contributed by atoms with Crippen LogP contribution >= 0.6 is 15.9 Å². The van der Waals surface area contributed by atoms with E-state index >= 15 is 0 Å². The van der Waals surface area contributed by atoms with Gasteiger partial charge in [0.25, 0.3) is 0 Å². The monoisotopic (exact) mass is 558 g/mol. The van der Waals surface area contributed by atoms with E-state index in [1.165, 1.54) is 31.2 Å². The van der Waals surface area contributed by atoms with Crippen molar-refractivity contribution in [3.8, 4) is 0 Å².